The first kappa shape index (κ1) is 19.9. The van der Waals surface area contributed by atoms with Crippen LogP contribution in [0.4, 0.5) is 0 Å². The number of aliphatic imine (C=N–C) groups is 1. The molecule has 2 heterocycles. The van der Waals surface area contributed by atoms with Crippen LogP contribution in [0.1, 0.15) is 18.1 Å². The van der Waals surface area contributed by atoms with Gasteiger partial charge in [0.25, 0.3) is 5.91 Å². The Bertz CT molecular complexity index is 1130. The van der Waals surface area contributed by atoms with Crippen molar-refractivity contribution < 1.29 is 9.53 Å². The lowest BCUT2D eigenvalue weighted by Gasteiger charge is -2.25. The van der Waals surface area contributed by atoms with E-state index in [0.717, 1.165) is 21.3 Å². The van der Waals surface area contributed by atoms with E-state index in [-0.39, 0.29) is 11.4 Å². The number of nitrogens with zero attached hydrogens (tertiary/aromatic N) is 2. The highest BCUT2D eigenvalue weighted by molar-refractivity contribution is 9.10. The van der Waals surface area contributed by atoms with Crippen molar-refractivity contribution in [3.05, 3.63) is 79.8 Å². The van der Waals surface area contributed by atoms with E-state index in [1.807, 2.05) is 54.8 Å². The van der Waals surface area contributed by atoms with Gasteiger partial charge in [0.2, 0.25) is 0 Å². The van der Waals surface area contributed by atoms with Gasteiger partial charge in [-0.2, -0.15) is 4.99 Å². The Morgan fingerprint density at radius 2 is 2.10 bits per heavy atom. The third-order valence-electron chi connectivity index (χ3n) is 4.39. The summed E-state index contributed by atoms with van der Waals surface area (Å²) in [5, 5.41) is 11.5. The molecule has 0 unspecified atom stereocenters. The SMILES string of the molecule is CC1=CSC2=NC(=O)/C(=C\c3ccc(OCc4ccccc4Cl)c(Br)c3)C(=N)N12. The number of allylic oxidation sites excluding steroid dienone is 1. The summed E-state index contributed by atoms with van der Waals surface area (Å²) in [7, 11) is 0. The Labute approximate surface area is 185 Å². The number of ether oxygens (including phenoxy) is 1. The van der Waals surface area contributed by atoms with E-state index in [2.05, 4.69) is 20.9 Å². The lowest BCUT2D eigenvalue weighted by Crippen LogP contribution is -2.37. The Balaban J connectivity index is 1.55. The van der Waals surface area contributed by atoms with Crippen LogP contribution in [0.5, 0.6) is 5.75 Å². The molecular weight excluding hydrogens is 474 g/mol. The van der Waals surface area contributed by atoms with Crippen molar-refractivity contribution in [1.82, 2.24) is 4.90 Å². The Morgan fingerprint density at radius 1 is 1.31 bits per heavy atom. The van der Waals surface area contributed by atoms with Crippen molar-refractivity contribution in [2.24, 2.45) is 4.99 Å². The molecule has 1 N–H and O–H groups in total. The fraction of sp³-hybridized carbons (Fsp3) is 0.0952. The zero-order valence-electron chi connectivity index (χ0n) is 15.3. The van der Waals surface area contributed by atoms with Crippen molar-refractivity contribution in [3.63, 3.8) is 0 Å². The molecule has 2 aliphatic rings. The van der Waals surface area contributed by atoms with Gasteiger partial charge in [0.15, 0.2) is 5.17 Å². The molecule has 0 saturated carbocycles. The van der Waals surface area contributed by atoms with Crippen LogP contribution < -0.4 is 4.74 Å². The molecule has 1 amide bonds. The normalized spacial score (nSPS) is 17.3. The molecule has 29 heavy (non-hydrogen) atoms. The lowest BCUT2D eigenvalue weighted by atomic mass is 10.1. The summed E-state index contributed by atoms with van der Waals surface area (Å²) in [5.74, 6) is 0.382. The van der Waals surface area contributed by atoms with Crippen LogP contribution >= 0.6 is 39.3 Å². The highest BCUT2D eigenvalue weighted by Crippen LogP contribution is 2.33. The number of carbonyl (C=O) groups is 1. The Kier molecular flexibility index (Phi) is 5.63. The molecule has 0 fully saturated rings. The maximum absolute atomic E-state index is 12.4. The van der Waals surface area contributed by atoms with Gasteiger partial charge in [-0.25, -0.2) is 0 Å². The number of amidine groups is 2. The predicted octanol–water partition coefficient (Wildman–Crippen LogP) is 5.85. The number of halogens is 2. The van der Waals surface area contributed by atoms with Gasteiger partial charge < -0.3 is 4.74 Å². The number of carbonyl (C=O) groups excluding carboxylic acids is 1. The number of nitrogens with one attached hydrogen (secondary N) is 1. The van der Waals surface area contributed by atoms with Crippen molar-refractivity contribution in [3.8, 4) is 5.75 Å². The molecule has 2 aromatic carbocycles. The van der Waals surface area contributed by atoms with Crippen LogP contribution in [-0.4, -0.2) is 21.8 Å². The molecule has 0 spiro atoms. The van der Waals surface area contributed by atoms with E-state index in [0.29, 0.717) is 22.5 Å². The van der Waals surface area contributed by atoms with Gasteiger partial charge in [-0.05, 0) is 58.1 Å². The standard InChI is InChI=1S/C21H15BrClN3O2S/c1-12-11-29-21-25-20(27)15(19(24)26(12)21)8-13-6-7-18(16(22)9-13)28-10-14-4-2-3-5-17(14)23/h2-9,11,24H,10H2,1H3/b15-8-,24-19?. The third-order valence-corrected chi connectivity index (χ3v) is 6.33. The Morgan fingerprint density at radius 3 is 2.86 bits per heavy atom. The van der Waals surface area contributed by atoms with Gasteiger partial charge in [0.1, 0.15) is 18.2 Å². The van der Waals surface area contributed by atoms with E-state index in [1.54, 1.807) is 11.0 Å². The van der Waals surface area contributed by atoms with Crippen molar-refractivity contribution in [2.45, 2.75) is 13.5 Å². The van der Waals surface area contributed by atoms with Crippen LogP contribution in [0.15, 0.2) is 68.6 Å². The molecule has 0 aromatic heterocycles. The minimum absolute atomic E-state index is 0.133. The number of thioether (sulfide) groups is 1. The van der Waals surface area contributed by atoms with E-state index in [9.17, 15) is 4.79 Å². The summed E-state index contributed by atoms with van der Waals surface area (Å²) in [6.45, 7) is 2.23. The number of fused-ring (bicyclic) bond motifs is 1. The largest absolute Gasteiger partial charge is 0.488 e. The molecular formula is C21H15BrClN3O2S. The van der Waals surface area contributed by atoms with E-state index < -0.39 is 5.91 Å². The zero-order chi connectivity index (χ0) is 20.5. The average Bonchev–Trinajstić information content (AvgIpc) is 3.06. The van der Waals surface area contributed by atoms with Crippen LogP contribution in [0.2, 0.25) is 5.02 Å². The minimum Gasteiger partial charge on any atom is -0.488 e. The van der Waals surface area contributed by atoms with E-state index >= 15 is 0 Å². The number of hydrogen-bond acceptors (Lipinski definition) is 4. The van der Waals surface area contributed by atoms with Gasteiger partial charge in [0, 0.05) is 16.3 Å². The fourth-order valence-corrected chi connectivity index (χ4v) is 4.46. The highest BCUT2D eigenvalue weighted by atomic mass is 79.9. The van der Waals surface area contributed by atoms with Crippen LogP contribution in [0.3, 0.4) is 0 Å². The van der Waals surface area contributed by atoms with Crippen molar-refractivity contribution >= 4 is 62.3 Å². The maximum atomic E-state index is 12.4. The monoisotopic (exact) mass is 487 g/mol. The highest BCUT2D eigenvalue weighted by Gasteiger charge is 2.33. The van der Waals surface area contributed by atoms with Gasteiger partial charge in [-0.1, -0.05) is 47.6 Å². The van der Waals surface area contributed by atoms with Gasteiger partial charge >= 0.3 is 0 Å². The average molecular weight is 489 g/mol. The lowest BCUT2D eigenvalue weighted by molar-refractivity contribution is -0.114. The van der Waals surface area contributed by atoms with E-state index in [1.165, 1.54) is 11.8 Å². The second kappa shape index (κ2) is 8.18. The maximum Gasteiger partial charge on any atom is 0.283 e. The molecule has 146 valence electrons. The second-order valence-electron chi connectivity index (χ2n) is 6.39. The summed E-state index contributed by atoms with van der Waals surface area (Å²) in [4.78, 5) is 18.2. The molecule has 2 aliphatic heterocycles. The summed E-state index contributed by atoms with van der Waals surface area (Å²) >= 11 is 11.0. The number of benzene rings is 2. The summed E-state index contributed by atoms with van der Waals surface area (Å²) < 4.78 is 6.60. The number of hydrogen-bond donors (Lipinski definition) is 1. The van der Waals surface area contributed by atoms with Crippen molar-refractivity contribution in [1.29, 1.82) is 5.41 Å². The zero-order valence-corrected chi connectivity index (χ0v) is 18.4. The van der Waals surface area contributed by atoms with E-state index in [4.69, 9.17) is 21.7 Å². The molecule has 0 saturated heterocycles. The van der Waals surface area contributed by atoms with Crippen LogP contribution in [-0.2, 0) is 11.4 Å². The minimum atomic E-state index is -0.410. The summed E-state index contributed by atoms with van der Waals surface area (Å²) in [6, 6.07) is 13.0. The molecule has 2 aromatic rings. The third kappa shape index (κ3) is 4.03. The van der Waals surface area contributed by atoms with Crippen LogP contribution in [0.25, 0.3) is 6.08 Å². The number of amides is 1. The Hall–Kier alpha value is -2.35. The van der Waals surface area contributed by atoms with Gasteiger partial charge in [-0.3, -0.25) is 15.1 Å². The first-order valence-corrected chi connectivity index (χ1v) is 10.7. The van der Waals surface area contributed by atoms with Gasteiger partial charge in [-0.15, -0.1) is 0 Å². The topological polar surface area (TPSA) is 65.8 Å². The first-order chi connectivity index (χ1) is 13.9. The summed E-state index contributed by atoms with van der Waals surface area (Å²) in [6.07, 6.45) is 1.67. The fourth-order valence-electron chi connectivity index (χ4n) is 2.90. The molecule has 0 atom stereocenters. The smallest absolute Gasteiger partial charge is 0.283 e. The second-order valence-corrected chi connectivity index (χ2v) is 8.49. The van der Waals surface area contributed by atoms with Crippen molar-refractivity contribution in [2.75, 3.05) is 0 Å². The quantitative estimate of drug-likeness (QED) is 0.548. The molecule has 0 aliphatic carbocycles. The molecule has 0 bridgehead atoms. The molecule has 5 nitrogen and oxygen atoms in total. The molecule has 0 radical (unpaired) electrons. The molecule has 4 rings (SSSR count). The number of rotatable bonds is 4. The van der Waals surface area contributed by atoms with Crippen LogP contribution in [0, 0.1) is 5.41 Å². The van der Waals surface area contributed by atoms with Gasteiger partial charge in [0.05, 0.1) is 10.0 Å². The predicted molar refractivity (Wildman–Crippen MR) is 121 cm³/mol. The first-order valence-electron chi connectivity index (χ1n) is 8.67. The summed E-state index contributed by atoms with van der Waals surface area (Å²) in [5.41, 5.74) is 2.79. The molecule has 8 heteroatoms.